The van der Waals surface area contributed by atoms with Gasteiger partial charge in [0, 0.05) is 0 Å². The number of carboxylic acids is 1. The summed E-state index contributed by atoms with van der Waals surface area (Å²) >= 11 is 0. The molecule has 0 atom stereocenters. The Bertz CT molecular complexity index is 611. The van der Waals surface area contributed by atoms with Crippen molar-refractivity contribution < 1.29 is 19.4 Å². The second-order valence-electron chi connectivity index (χ2n) is 3.89. The summed E-state index contributed by atoms with van der Waals surface area (Å²) in [6.45, 7) is 0.161. The van der Waals surface area contributed by atoms with Crippen molar-refractivity contribution in [3.05, 3.63) is 18.2 Å². The normalized spacial score (nSPS) is 10.3. The predicted molar refractivity (Wildman–Crippen MR) is 68.6 cm³/mol. The summed E-state index contributed by atoms with van der Waals surface area (Å²) in [4.78, 5) is 11.7. The van der Waals surface area contributed by atoms with Crippen molar-refractivity contribution in [2.24, 2.45) is 0 Å². The maximum atomic E-state index is 10.5. The fourth-order valence-corrected chi connectivity index (χ4v) is 1.70. The first-order valence-electron chi connectivity index (χ1n) is 5.86. The van der Waals surface area contributed by atoms with Crippen LogP contribution in [0.1, 0.15) is 6.42 Å². The van der Waals surface area contributed by atoms with E-state index >= 15 is 0 Å². The Balaban J connectivity index is 2.30. The molecule has 1 aromatic heterocycles. The molecular weight excluding hydrogens is 264 g/mol. The number of hydrogen-bond acceptors (Lipinski definition) is 6. The van der Waals surface area contributed by atoms with Crippen molar-refractivity contribution in [3.8, 4) is 22.9 Å². The first kappa shape index (κ1) is 13.8. The van der Waals surface area contributed by atoms with E-state index in [1.807, 2.05) is 0 Å². The van der Waals surface area contributed by atoms with Crippen molar-refractivity contribution in [2.75, 3.05) is 14.2 Å². The highest BCUT2D eigenvalue weighted by molar-refractivity contribution is 5.68. The minimum Gasteiger partial charge on any atom is -0.493 e. The number of nitrogens with zero attached hydrogens (tertiary/aromatic N) is 4. The summed E-state index contributed by atoms with van der Waals surface area (Å²) in [6.07, 6.45) is -0.0644. The number of carboxylic acid groups (broad SMARTS) is 1. The Morgan fingerprint density at radius 3 is 2.80 bits per heavy atom. The van der Waals surface area contributed by atoms with Crippen molar-refractivity contribution in [1.29, 1.82) is 0 Å². The lowest BCUT2D eigenvalue weighted by Crippen LogP contribution is -2.07. The molecule has 106 valence electrons. The number of ether oxygens (including phenoxy) is 2. The zero-order valence-electron chi connectivity index (χ0n) is 11.1. The van der Waals surface area contributed by atoms with Crippen molar-refractivity contribution >= 4 is 5.97 Å². The van der Waals surface area contributed by atoms with Crippen LogP contribution in [-0.2, 0) is 11.3 Å². The van der Waals surface area contributed by atoms with Gasteiger partial charge in [-0.25, -0.2) is 0 Å². The van der Waals surface area contributed by atoms with Gasteiger partial charge in [0.15, 0.2) is 11.5 Å². The quantitative estimate of drug-likeness (QED) is 0.835. The van der Waals surface area contributed by atoms with Gasteiger partial charge in [0.05, 0.1) is 32.7 Å². The minimum atomic E-state index is -0.914. The first-order chi connectivity index (χ1) is 9.65. The summed E-state index contributed by atoms with van der Waals surface area (Å²) in [5, 5.41) is 20.5. The zero-order chi connectivity index (χ0) is 14.5. The second kappa shape index (κ2) is 6.00. The largest absolute Gasteiger partial charge is 0.493 e. The number of hydrogen-bond donors (Lipinski definition) is 1. The van der Waals surface area contributed by atoms with E-state index in [4.69, 9.17) is 14.6 Å². The number of rotatable bonds is 6. The minimum absolute atomic E-state index is 0.0644. The molecule has 1 N–H and O–H groups in total. The molecule has 8 nitrogen and oxygen atoms in total. The molecule has 0 saturated heterocycles. The molecule has 8 heteroatoms. The Morgan fingerprint density at radius 1 is 1.35 bits per heavy atom. The standard InChI is InChI=1S/C12H14N4O4/c1-19-9-5-3-4-8(11(9)20-2)12-13-15-16(14-12)7-6-10(17)18/h3-5H,6-7H2,1-2H3,(H,17,18). The molecule has 20 heavy (non-hydrogen) atoms. The van der Waals surface area contributed by atoms with Crippen molar-refractivity contribution in [3.63, 3.8) is 0 Å². The van der Waals surface area contributed by atoms with E-state index in [2.05, 4.69) is 15.4 Å². The Kier molecular flexibility index (Phi) is 4.14. The number of aryl methyl sites for hydroxylation is 1. The monoisotopic (exact) mass is 278 g/mol. The van der Waals surface area contributed by atoms with E-state index in [0.717, 1.165) is 0 Å². The van der Waals surface area contributed by atoms with Gasteiger partial charge in [-0.2, -0.15) is 4.80 Å². The van der Waals surface area contributed by atoms with Crippen LogP contribution in [0.15, 0.2) is 18.2 Å². The molecule has 2 aromatic rings. The number of methoxy groups -OCH3 is 2. The van der Waals surface area contributed by atoms with Crippen LogP contribution >= 0.6 is 0 Å². The third kappa shape index (κ3) is 2.85. The fourth-order valence-electron chi connectivity index (χ4n) is 1.70. The van der Waals surface area contributed by atoms with Crippen LogP contribution in [0.25, 0.3) is 11.4 Å². The lowest BCUT2D eigenvalue weighted by Gasteiger charge is -2.09. The Morgan fingerprint density at radius 2 is 2.15 bits per heavy atom. The summed E-state index contributed by atoms with van der Waals surface area (Å²) in [7, 11) is 3.06. The predicted octanol–water partition coefficient (Wildman–Crippen LogP) is 0.832. The molecule has 0 bridgehead atoms. The average Bonchev–Trinajstić information content (AvgIpc) is 2.92. The van der Waals surface area contributed by atoms with Crippen molar-refractivity contribution in [2.45, 2.75) is 13.0 Å². The van der Waals surface area contributed by atoms with Crippen LogP contribution in [0.3, 0.4) is 0 Å². The highest BCUT2D eigenvalue weighted by Crippen LogP contribution is 2.35. The van der Waals surface area contributed by atoms with E-state index in [0.29, 0.717) is 22.9 Å². The van der Waals surface area contributed by atoms with Gasteiger partial charge in [-0.15, -0.1) is 10.2 Å². The van der Waals surface area contributed by atoms with E-state index in [1.165, 1.54) is 11.9 Å². The molecule has 0 amide bonds. The van der Waals surface area contributed by atoms with Gasteiger partial charge >= 0.3 is 5.97 Å². The summed E-state index contributed by atoms with van der Waals surface area (Å²) in [5.41, 5.74) is 0.633. The number of aliphatic carboxylic acids is 1. The van der Waals surface area contributed by atoms with E-state index < -0.39 is 5.97 Å². The smallest absolute Gasteiger partial charge is 0.305 e. The fraction of sp³-hybridized carbons (Fsp3) is 0.333. The van der Waals surface area contributed by atoms with Crippen LogP contribution < -0.4 is 9.47 Å². The van der Waals surface area contributed by atoms with Gasteiger partial charge in [0.25, 0.3) is 0 Å². The zero-order valence-corrected chi connectivity index (χ0v) is 11.1. The average molecular weight is 278 g/mol. The van der Waals surface area contributed by atoms with Gasteiger partial charge in [-0.05, 0) is 17.3 Å². The Hall–Kier alpha value is -2.64. The van der Waals surface area contributed by atoms with Crippen LogP contribution in [0, 0.1) is 0 Å². The van der Waals surface area contributed by atoms with Crippen LogP contribution in [0.5, 0.6) is 11.5 Å². The van der Waals surface area contributed by atoms with Gasteiger partial charge in [0.1, 0.15) is 0 Å². The number of benzene rings is 1. The van der Waals surface area contributed by atoms with E-state index in [1.54, 1.807) is 25.3 Å². The summed E-state index contributed by atoms with van der Waals surface area (Å²) < 4.78 is 10.5. The molecule has 0 saturated carbocycles. The molecule has 0 spiro atoms. The van der Waals surface area contributed by atoms with Crippen molar-refractivity contribution in [1.82, 2.24) is 20.2 Å². The molecule has 0 aliphatic carbocycles. The number of tetrazole rings is 1. The summed E-state index contributed by atoms with van der Waals surface area (Å²) in [5.74, 6) is 0.508. The van der Waals surface area contributed by atoms with E-state index in [9.17, 15) is 4.79 Å². The molecule has 1 heterocycles. The molecule has 0 unspecified atom stereocenters. The van der Waals surface area contributed by atoms with Gasteiger partial charge in [-0.3, -0.25) is 4.79 Å². The third-order valence-corrected chi connectivity index (χ3v) is 2.62. The number of aromatic nitrogens is 4. The highest BCUT2D eigenvalue weighted by Gasteiger charge is 2.15. The Labute approximate surface area is 114 Å². The van der Waals surface area contributed by atoms with Crippen LogP contribution in [-0.4, -0.2) is 45.5 Å². The first-order valence-corrected chi connectivity index (χ1v) is 5.86. The molecule has 0 aliphatic heterocycles. The lowest BCUT2D eigenvalue weighted by molar-refractivity contribution is -0.137. The molecular formula is C12H14N4O4. The number of carbonyl (C=O) groups is 1. The lowest BCUT2D eigenvalue weighted by atomic mass is 10.2. The maximum Gasteiger partial charge on any atom is 0.305 e. The highest BCUT2D eigenvalue weighted by atomic mass is 16.5. The molecule has 0 radical (unpaired) electrons. The van der Waals surface area contributed by atoms with E-state index in [-0.39, 0.29) is 13.0 Å². The summed E-state index contributed by atoms with van der Waals surface area (Å²) in [6, 6.07) is 5.33. The van der Waals surface area contributed by atoms with Gasteiger partial charge < -0.3 is 14.6 Å². The molecule has 0 aliphatic rings. The van der Waals surface area contributed by atoms with Gasteiger partial charge in [-0.1, -0.05) is 6.07 Å². The molecule has 2 rings (SSSR count). The maximum absolute atomic E-state index is 10.5. The van der Waals surface area contributed by atoms with Crippen LogP contribution in [0.4, 0.5) is 0 Å². The van der Waals surface area contributed by atoms with Crippen LogP contribution in [0.2, 0.25) is 0 Å². The van der Waals surface area contributed by atoms with Gasteiger partial charge in [0.2, 0.25) is 5.82 Å². The second-order valence-corrected chi connectivity index (χ2v) is 3.89. The number of para-hydroxylation sites is 1. The topological polar surface area (TPSA) is 99.4 Å². The molecule has 1 aromatic carbocycles. The molecule has 0 fully saturated rings. The SMILES string of the molecule is COc1cccc(-c2nnn(CCC(=O)O)n2)c1OC. The third-order valence-electron chi connectivity index (χ3n) is 2.62.